The zero-order chi connectivity index (χ0) is 13.6. The Bertz CT molecular complexity index is 406. The Kier molecular flexibility index (Phi) is 3.30. The van der Waals surface area contributed by atoms with Crippen LogP contribution in [-0.4, -0.2) is 11.5 Å². The zero-order valence-corrected chi connectivity index (χ0v) is 12.5. The van der Waals surface area contributed by atoms with Crippen molar-refractivity contribution < 1.29 is 4.42 Å². The number of hydrogen-bond donors (Lipinski definition) is 1. The van der Waals surface area contributed by atoms with Crippen molar-refractivity contribution >= 4 is 0 Å². The first kappa shape index (κ1) is 13.6. The monoisotopic (exact) mass is 250 g/mol. The summed E-state index contributed by atoms with van der Waals surface area (Å²) in [4.78, 5) is 4.43. The minimum absolute atomic E-state index is 0.198. The number of nitrogens with zero attached hydrogens (tertiary/aromatic N) is 1. The van der Waals surface area contributed by atoms with Gasteiger partial charge >= 0.3 is 0 Å². The largest absolute Gasteiger partial charge is 0.444 e. The van der Waals surface area contributed by atoms with E-state index in [9.17, 15) is 0 Å². The van der Waals surface area contributed by atoms with Crippen LogP contribution in [0.3, 0.4) is 0 Å². The van der Waals surface area contributed by atoms with Crippen LogP contribution in [0, 0.1) is 10.8 Å². The highest BCUT2D eigenvalue weighted by atomic mass is 16.4. The van der Waals surface area contributed by atoms with Gasteiger partial charge in [0.25, 0.3) is 0 Å². The number of nitrogens with one attached hydrogen (secondary N) is 1. The van der Waals surface area contributed by atoms with E-state index in [0.29, 0.717) is 16.7 Å². The summed E-state index contributed by atoms with van der Waals surface area (Å²) in [6, 6.07) is 0.198. The normalized spacial score (nSPS) is 23.0. The molecule has 3 nitrogen and oxygen atoms in total. The first-order chi connectivity index (χ1) is 8.32. The van der Waals surface area contributed by atoms with Crippen LogP contribution in [0.15, 0.2) is 10.6 Å². The minimum atomic E-state index is 0.198. The van der Waals surface area contributed by atoms with Gasteiger partial charge in [-0.25, -0.2) is 4.98 Å². The van der Waals surface area contributed by atoms with Crippen LogP contribution in [0.2, 0.25) is 0 Å². The van der Waals surface area contributed by atoms with Gasteiger partial charge in [-0.1, -0.05) is 34.6 Å². The number of aromatic nitrogens is 1. The van der Waals surface area contributed by atoms with Crippen LogP contribution in [-0.2, 0) is 0 Å². The Balaban J connectivity index is 2.08. The maximum absolute atomic E-state index is 5.96. The van der Waals surface area contributed by atoms with Crippen molar-refractivity contribution in [3.8, 4) is 0 Å². The summed E-state index contributed by atoms with van der Waals surface area (Å²) in [5.74, 6) is 2.35. The van der Waals surface area contributed by atoms with E-state index < -0.39 is 0 Å². The predicted octanol–water partition coefficient (Wildman–Crippen LogP) is 3.88. The molecule has 3 heteroatoms. The van der Waals surface area contributed by atoms with Crippen LogP contribution in [0.5, 0.6) is 0 Å². The van der Waals surface area contributed by atoms with Gasteiger partial charge in [-0.3, -0.25) is 0 Å². The average molecular weight is 250 g/mol. The van der Waals surface area contributed by atoms with Crippen molar-refractivity contribution in [2.24, 2.45) is 10.8 Å². The van der Waals surface area contributed by atoms with E-state index in [1.165, 1.54) is 0 Å². The topological polar surface area (TPSA) is 38.1 Å². The third-order valence-electron chi connectivity index (χ3n) is 4.92. The lowest BCUT2D eigenvalue weighted by molar-refractivity contribution is 0.386. The molecule has 2 rings (SSSR count). The molecule has 1 aliphatic carbocycles. The Morgan fingerprint density at radius 3 is 2.44 bits per heavy atom. The van der Waals surface area contributed by atoms with E-state index in [4.69, 9.17) is 4.42 Å². The fourth-order valence-corrected chi connectivity index (χ4v) is 2.99. The van der Waals surface area contributed by atoms with E-state index in [1.807, 2.05) is 6.20 Å². The third kappa shape index (κ3) is 1.99. The first-order valence-corrected chi connectivity index (χ1v) is 7.01. The molecule has 1 N–H and O–H groups in total. The molecule has 0 aromatic carbocycles. The molecule has 1 fully saturated rings. The quantitative estimate of drug-likeness (QED) is 0.861. The lowest BCUT2D eigenvalue weighted by Gasteiger charge is -2.08. The van der Waals surface area contributed by atoms with Crippen LogP contribution in [0.25, 0.3) is 0 Å². The van der Waals surface area contributed by atoms with Crippen LogP contribution in [0.1, 0.15) is 71.6 Å². The van der Waals surface area contributed by atoms with Gasteiger partial charge in [0.2, 0.25) is 5.89 Å². The van der Waals surface area contributed by atoms with Gasteiger partial charge in [0.15, 0.2) is 0 Å². The van der Waals surface area contributed by atoms with E-state index in [2.05, 4.69) is 51.8 Å². The SMILES string of the molecule is CCCNC(C)c1ncc(C2C(C)(C)C2(C)C)o1. The molecule has 0 bridgehead atoms. The lowest BCUT2D eigenvalue weighted by Crippen LogP contribution is -2.19. The summed E-state index contributed by atoms with van der Waals surface area (Å²) in [6.07, 6.45) is 3.04. The molecule has 102 valence electrons. The summed E-state index contributed by atoms with van der Waals surface area (Å²) in [5.41, 5.74) is 0.619. The molecule has 1 saturated carbocycles. The zero-order valence-electron chi connectivity index (χ0n) is 12.5. The van der Waals surface area contributed by atoms with Crippen LogP contribution in [0.4, 0.5) is 0 Å². The Morgan fingerprint density at radius 2 is 1.94 bits per heavy atom. The molecule has 18 heavy (non-hydrogen) atoms. The Morgan fingerprint density at radius 1 is 1.33 bits per heavy atom. The molecule has 0 amide bonds. The second-order valence-electron chi connectivity index (χ2n) is 6.65. The summed E-state index contributed by atoms with van der Waals surface area (Å²) >= 11 is 0. The van der Waals surface area contributed by atoms with Crippen molar-refractivity contribution in [3.05, 3.63) is 17.8 Å². The van der Waals surface area contributed by atoms with Crippen molar-refractivity contribution in [1.29, 1.82) is 0 Å². The summed E-state index contributed by atoms with van der Waals surface area (Å²) in [5, 5.41) is 3.41. The summed E-state index contributed by atoms with van der Waals surface area (Å²) in [7, 11) is 0. The van der Waals surface area contributed by atoms with Gasteiger partial charge in [0.05, 0.1) is 12.2 Å². The van der Waals surface area contributed by atoms with Gasteiger partial charge < -0.3 is 9.73 Å². The molecule has 0 radical (unpaired) electrons. The van der Waals surface area contributed by atoms with Gasteiger partial charge in [-0.15, -0.1) is 0 Å². The molecule has 0 spiro atoms. The molecule has 1 aromatic heterocycles. The number of rotatable bonds is 5. The van der Waals surface area contributed by atoms with E-state index in [0.717, 1.165) is 24.6 Å². The molecular weight excluding hydrogens is 224 g/mol. The number of hydrogen-bond acceptors (Lipinski definition) is 3. The van der Waals surface area contributed by atoms with Gasteiger partial charge in [-0.2, -0.15) is 0 Å². The van der Waals surface area contributed by atoms with E-state index in [1.54, 1.807) is 0 Å². The summed E-state index contributed by atoms with van der Waals surface area (Å²) < 4.78 is 5.96. The second-order valence-corrected chi connectivity index (χ2v) is 6.65. The molecule has 0 aliphatic heterocycles. The van der Waals surface area contributed by atoms with Gasteiger partial charge in [-0.05, 0) is 30.7 Å². The average Bonchev–Trinajstić information content (AvgIpc) is 2.69. The maximum Gasteiger partial charge on any atom is 0.211 e. The maximum atomic E-state index is 5.96. The smallest absolute Gasteiger partial charge is 0.211 e. The van der Waals surface area contributed by atoms with Gasteiger partial charge in [0.1, 0.15) is 5.76 Å². The van der Waals surface area contributed by atoms with Crippen molar-refractivity contribution in [1.82, 2.24) is 10.3 Å². The Hall–Kier alpha value is -0.830. The molecule has 1 aromatic rings. The van der Waals surface area contributed by atoms with Crippen LogP contribution >= 0.6 is 0 Å². The highest BCUT2D eigenvalue weighted by molar-refractivity contribution is 5.27. The van der Waals surface area contributed by atoms with E-state index >= 15 is 0 Å². The minimum Gasteiger partial charge on any atom is -0.444 e. The molecule has 1 heterocycles. The molecule has 1 unspecified atom stereocenters. The fraction of sp³-hybridized carbons (Fsp3) is 0.800. The van der Waals surface area contributed by atoms with Crippen molar-refractivity contribution in [3.63, 3.8) is 0 Å². The fourth-order valence-electron chi connectivity index (χ4n) is 2.99. The van der Waals surface area contributed by atoms with Crippen molar-refractivity contribution in [2.75, 3.05) is 6.54 Å². The highest BCUT2D eigenvalue weighted by Crippen LogP contribution is 2.73. The highest BCUT2D eigenvalue weighted by Gasteiger charge is 2.66. The standard InChI is InChI=1S/C15H26N2O/c1-7-8-16-10(2)13-17-9-11(18-13)12-14(3,4)15(12,5)6/h9-10,12,16H,7-8H2,1-6H3. The van der Waals surface area contributed by atoms with E-state index in [-0.39, 0.29) is 6.04 Å². The Labute approximate surface area is 110 Å². The predicted molar refractivity (Wildman–Crippen MR) is 73.5 cm³/mol. The number of oxazole rings is 1. The molecular formula is C15H26N2O. The van der Waals surface area contributed by atoms with Crippen LogP contribution < -0.4 is 5.32 Å². The lowest BCUT2D eigenvalue weighted by atomic mass is 10.0. The molecule has 0 saturated heterocycles. The summed E-state index contributed by atoms with van der Waals surface area (Å²) in [6.45, 7) is 14.5. The second kappa shape index (κ2) is 4.37. The third-order valence-corrected chi connectivity index (χ3v) is 4.92. The molecule has 1 atom stereocenters. The first-order valence-electron chi connectivity index (χ1n) is 7.01. The van der Waals surface area contributed by atoms with Crippen molar-refractivity contribution in [2.45, 2.75) is 59.9 Å². The van der Waals surface area contributed by atoms with Gasteiger partial charge in [0, 0.05) is 5.92 Å². The molecule has 1 aliphatic rings.